The van der Waals surface area contributed by atoms with Crippen molar-refractivity contribution >= 4 is 23.4 Å². The lowest BCUT2D eigenvalue weighted by atomic mass is 10.1. The fraction of sp³-hybridized carbons (Fsp3) is 0.227. The van der Waals surface area contributed by atoms with Crippen molar-refractivity contribution in [1.29, 1.82) is 0 Å². The van der Waals surface area contributed by atoms with Crippen LogP contribution < -0.4 is 15.6 Å². The Hall–Kier alpha value is -3.06. The largest absolute Gasteiger partial charge is 0.497 e. The molecule has 150 valence electrons. The van der Waals surface area contributed by atoms with Gasteiger partial charge in [-0.15, -0.1) is 0 Å². The predicted molar refractivity (Wildman–Crippen MR) is 116 cm³/mol. The van der Waals surface area contributed by atoms with Crippen molar-refractivity contribution in [1.82, 2.24) is 9.97 Å². The van der Waals surface area contributed by atoms with Crippen LogP contribution in [0, 0.1) is 0 Å². The summed E-state index contributed by atoms with van der Waals surface area (Å²) in [7, 11) is 1.58. The third-order valence-corrected chi connectivity index (χ3v) is 5.32. The van der Waals surface area contributed by atoms with Crippen molar-refractivity contribution in [3.05, 3.63) is 82.3 Å². The number of hydrogen-bond donors (Lipinski definition) is 2. The van der Waals surface area contributed by atoms with Gasteiger partial charge in [0.15, 0.2) is 5.16 Å². The lowest BCUT2D eigenvalue weighted by Crippen LogP contribution is -2.20. The third kappa shape index (κ3) is 5.71. The average molecular weight is 410 g/mol. The maximum absolute atomic E-state index is 13.1. The molecule has 0 spiro atoms. The fourth-order valence-corrected chi connectivity index (χ4v) is 3.86. The highest BCUT2D eigenvalue weighted by Crippen LogP contribution is 2.34. The molecule has 2 aromatic carbocycles. The van der Waals surface area contributed by atoms with Crippen molar-refractivity contribution < 1.29 is 9.53 Å². The van der Waals surface area contributed by atoms with Gasteiger partial charge in [0.2, 0.25) is 5.91 Å². The van der Waals surface area contributed by atoms with Crippen LogP contribution in [-0.4, -0.2) is 23.0 Å². The third-order valence-electron chi connectivity index (χ3n) is 4.19. The zero-order valence-corrected chi connectivity index (χ0v) is 17.2. The van der Waals surface area contributed by atoms with Gasteiger partial charge in [-0.2, -0.15) is 0 Å². The van der Waals surface area contributed by atoms with Crippen molar-refractivity contribution in [2.45, 2.75) is 30.2 Å². The van der Waals surface area contributed by atoms with E-state index in [0.29, 0.717) is 23.0 Å². The summed E-state index contributed by atoms with van der Waals surface area (Å²) < 4.78 is 5.22. The second-order valence-corrected chi connectivity index (χ2v) is 7.52. The summed E-state index contributed by atoms with van der Waals surface area (Å²) in [5, 5.41) is 2.78. The number of ether oxygens (including phenoxy) is 1. The maximum Gasteiger partial charge on any atom is 0.251 e. The van der Waals surface area contributed by atoms with Gasteiger partial charge in [-0.3, -0.25) is 9.59 Å². The van der Waals surface area contributed by atoms with Gasteiger partial charge in [0.25, 0.3) is 5.56 Å². The summed E-state index contributed by atoms with van der Waals surface area (Å²) in [5.41, 5.74) is 1.96. The van der Waals surface area contributed by atoms with Crippen LogP contribution >= 0.6 is 11.8 Å². The Bertz CT molecular complexity index is 1020. The van der Waals surface area contributed by atoms with Crippen LogP contribution in [0.1, 0.15) is 29.9 Å². The van der Waals surface area contributed by atoms with E-state index in [1.807, 2.05) is 49.4 Å². The van der Waals surface area contributed by atoms with Gasteiger partial charge in [-0.1, -0.05) is 61.5 Å². The van der Waals surface area contributed by atoms with Crippen LogP contribution in [0.5, 0.6) is 5.75 Å². The Kier molecular flexibility index (Phi) is 7.08. The number of hydrogen-bond acceptors (Lipinski definition) is 5. The molecule has 1 atom stereocenters. The molecule has 0 saturated heterocycles. The number of thioether (sulfide) groups is 1. The minimum absolute atomic E-state index is 0.210. The molecule has 0 aliphatic heterocycles. The van der Waals surface area contributed by atoms with Crippen molar-refractivity contribution in [3.63, 3.8) is 0 Å². The van der Waals surface area contributed by atoms with E-state index in [1.165, 1.54) is 17.8 Å². The van der Waals surface area contributed by atoms with Crippen LogP contribution in [0.3, 0.4) is 0 Å². The summed E-state index contributed by atoms with van der Waals surface area (Å²) >= 11 is 1.22. The summed E-state index contributed by atoms with van der Waals surface area (Å²) in [6.07, 6.45) is 1.60. The molecule has 0 aliphatic carbocycles. The van der Waals surface area contributed by atoms with Crippen molar-refractivity contribution in [3.8, 4) is 5.75 Å². The SMILES string of the molecule is CCCc1cc(=O)[nH]c(S[C@@H](C(=O)Nc2cccc(OC)c2)c2ccccc2)n1. The first kappa shape index (κ1) is 20.7. The summed E-state index contributed by atoms with van der Waals surface area (Å²) in [5.74, 6) is 0.447. The van der Waals surface area contributed by atoms with Gasteiger partial charge in [0.1, 0.15) is 11.0 Å². The smallest absolute Gasteiger partial charge is 0.251 e. The van der Waals surface area contributed by atoms with Gasteiger partial charge in [-0.25, -0.2) is 4.98 Å². The van der Waals surface area contributed by atoms with Gasteiger partial charge >= 0.3 is 0 Å². The lowest BCUT2D eigenvalue weighted by molar-refractivity contribution is -0.115. The number of nitrogens with zero attached hydrogens (tertiary/aromatic N) is 1. The van der Waals surface area contributed by atoms with E-state index in [4.69, 9.17) is 4.74 Å². The molecular weight excluding hydrogens is 386 g/mol. The molecule has 3 rings (SSSR count). The highest BCUT2D eigenvalue weighted by molar-refractivity contribution is 8.00. The van der Waals surface area contributed by atoms with Crippen LogP contribution in [0.15, 0.2) is 70.6 Å². The molecule has 7 heteroatoms. The number of aromatic nitrogens is 2. The fourth-order valence-electron chi connectivity index (χ4n) is 2.84. The number of aromatic amines is 1. The van der Waals surface area contributed by atoms with Gasteiger partial charge in [-0.05, 0) is 24.1 Å². The normalized spacial score (nSPS) is 11.7. The Labute approximate surface area is 173 Å². The molecule has 0 unspecified atom stereocenters. The monoisotopic (exact) mass is 409 g/mol. The molecule has 29 heavy (non-hydrogen) atoms. The number of H-pyrrole nitrogens is 1. The summed E-state index contributed by atoms with van der Waals surface area (Å²) in [4.78, 5) is 32.4. The van der Waals surface area contributed by atoms with E-state index in [9.17, 15) is 9.59 Å². The number of nitrogens with one attached hydrogen (secondary N) is 2. The molecule has 1 amide bonds. The van der Waals surface area contributed by atoms with Gasteiger partial charge in [0.05, 0.1) is 7.11 Å². The average Bonchev–Trinajstić information content (AvgIpc) is 2.72. The number of benzene rings is 2. The summed E-state index contributed by atoms with van der Waals surface area (Å²) in [6, 6.07) is 18.1. The molecule has 0 aliphatic rings. The van der Waals surface area contributed by atoms with E-state index in [0.717, 1.165) is 17.7 Å². The van der Waals surface area contributed by atoms with E-state index in [-0.39, 0.29) is 11.5 Å². The number of carbonyl (C=O) groups is 1. The lowest BCUT2D eigenvalue weighted by Gasteiger charge is -2.17. The second-order valence-electron chi connectivity index (χ2n) is 6.42. The first-order valence-electron chi connectivity index (χ1n) is 9.36. The molecule has 1 heterocycles. The molecule has 0 fully saturated rings. The molecule has 6 nitrogen and oxygen atoms in total. The molecular formula is C22H23N3O3S. The van der Waals surface area contributed by atoms with Crippen LogP contribution in [0.4, 0.5) is 5.69 Å². The number of rotatable bonds is 8. The van der Waals surface area contributed by atoms with Crippen molar-refractivity contribution in [2.75, 3.05) is 12.4 Å². The van der Waals surface area contributed by atoms with E-state index in [1.54, 1.807) is 19.2 Å². The summed E-state index contributed by atoms with van der Waals surface area (Å²) in [6.45, 7) is 2.03. The van der Waals surface area contributed by atoms with Gasteiger partial charge in [0, 0.05) is 23.5 Å². The number of carbonyl (C=O) groups excluding carboxylic acids is 1. The number of methoxy groups -OCH3 is 1. The minimum Gasteiger partial charge on any atom is -0.497 e. The number of anilines is 1. The Morgan fingerprint density at radius 3 is 2.69 bits per heavy atom. The van der Waals surface area contributed by atoms with Crippen LogP contribution in [-0.2, 0) is 11.2 Å². The highest BCUT2D eigenvalue weighted by Gasteiger charge is 2.23. The Morgan fingerprint density at radius 2 is 1.97 bits per heavy atom. The molecule has 0 bridgehead atoms. The molecule has 0 saturated carbocycles. The zero-order valence-electron chi connectivity index (χ0n) is 16.3. The molecule has 0 radical (unpaired) electrons. The minimum atomic E-state index is -0.581. The van der Waals surface area contributed by atoms with E-state index in [2.05, 4.69) is 15.3 Å². The second kappa shape index (κ2) is 9.93. The number of aryl methyl sites for hydroxylation is 1. The highest BCUT2D eigenvalue weighted by atomic mass is 32.2. The first-order chi connectivity index (χ1) is 14.1. The Morgan fingerprint density at radius 1 is 1.17 bits per heavy atom. The topological polar surface area (TPSA) is 84.1 Å². The van der Waals surface area contributed by atoms with Crippen LogP contribution in [0.25, 0.3) is 0 Å². The quantitative estimate of drug-likeness (QED) is 0.430. The van der Waals surface area contributed by atoms with E-state index >= 15 is 0 Å². The predicted octanol–water partition coefficient (Wildman–Crippen LogP) is 4.20. The molecule has 2 N–H and O–H groups in total. The first-order valence-corrected chi connectivity index (χ1v) is 10.2. The molecule has 1 aromatic heterocycles. The van der Waals surface area contributed by atoms with Gasteiger partial charge < -0.3 is 15.0 Å². The standard InChI is InChI=1S/C22H23N3O3S/c1-3-8-16-14-19(26)25-22(24-16)29-20(15-9-5-4-6-10-15)21(27)23-17-11-7-12-18(13-17)28-2/h4-7,9-14,20H,3,8H2,1-2H3,(H,23,27)(H,24,25,26)/t20-/m1/s1. The Balaban J connectivity index is 1.89. The number of amides is 1. The zero-order chi connectivity index (χ0) is 20.6. The van der Waals surface area contributed by atoms with Crippen LogP contribution in [0.2, 0.25) is 0 Å². The molecule has 3 aromatic rings. The maximum atomic E-state index is 13.1. The van der Waals surface area contributed by atoms with E-state index < -0.39 is 5.25 Å². The van der Waals surface area contributed by atoms with Crippen molar-refractivity contribution in [2.24, 2.45) is 0 Å².